The Morgan fingerprint density at radius 3 is 2.28 bits per heavy atom. The molecule has 50 heavy (non-hydrogen) atoms. The fraction of sp³-hybridized carbons (Fsp3) is 0.744. The molecule has 6 aliphatic rings. The van der Waals surface area contributed by atoms with Crippen molar-refractivity contribution >= 4 is 21.4 Å². The minimum atomic E-state index is -2.84. The Morgan fingerprint density at radius 1 is 0.920 bits per heavy atom. The van der Waals surface area contributed by atoms with Gasteiger partial charge in [0.2, 0.25) is 0 Å². The summed E-state index contributed by atoms with van der Waals surface area (Å²) >= 11 is 0. The summed E-state index contributed by atoms with van der Waals surface area (Å²) in [4.78, 5) is 13.9. The minimum Gasteiger partial charge on any atom is -0.478 e. The van der Waals surface area contributed by atoms with Crippen LogP contribution in [0.2, 0.25) is 0 Å². The summed E-state index contributed by atoms with van der Waals surface area (Å²) in [5.41, 5.74) is 5.32. The third-order valence-electron chi connectivity index (χ3n) is 16.7. The van der Waals surface area contributed by atoms with E-state index in [0.717, 1.165) is 25.9 Å². The molecule has 1 heterocycles. The van der Waals surface area contributed by atoms with Crippen LogP contribution in [0.4, 0.5) is 0 Å². The number of carbonyl (C=O) groups is 1. The molecule has 7 heteroatoms. The number of nitrogens with zero attached hydrogens (tertiary/aromatic N) is 1. The highest BCUT2D eigenvalue weighted by Crippen LogP contribution is 2.76. The van der Waals surface area contributed by atoms with Gasteiger partial charge in [-0.15, -0.1) is 0 Å². The number of hydrogen-bond acceptors (Lipinski definition) is 5. The Morgan fingerprint density at radius 2 is 1.62 bits per heavy atom. The van der Waals surface area contributed by atoms with Gasteiger partial charge in [-0.25, -0.2) is 13.2 Å². The van der Waals surface area contributed by atoms with Crippen LogP contribution in [0.5, 0.6) is 0 Å². The molecule has 0 bridgehead atoms. The number of nitrogens with one attached hydrogen (secondary N) is 1. The smallest absolute Gasteiger partial charge is 0.335 e. The molecule has 0 aromatic heterocycles. The lowest BCUT2D eigenvalue weighted by Gasteiger charge is -2.72. The van der Waals surface area contributed by atoms with Gasteiger partial charge in [-0.1, -0.05) is 65.0 Å². The van der Waals surface area contributed by atoms with Crippen molar-refractivity contribution in [3.8, 4) is 0 Å². The van der Waals surface area contributed by atoms with E-state index in [1.807, 2.05) is 12.1 Å². The summed E-state index contributed by atoms with van der Waals surface area (Å²) in [5, 5.41) is 13.7. The van der Waals surface area contributed by atoms with E-state index in [1.165, 1.54) is 68.1 Å². The number of allylic oxidation sites excluding steroid dienone is 3. The van der Waals surface area contributed by atoms with Gasteiger partial charge in [-0.2, -0.15) is 0 Å². The molecule has 7 rings (SSSR count). The lowest BCUT2D eigenvalue weighted by molar-refractivity contribution is -0.219. The van der Waals surface area contributed by atoms with Crippen LogP contribution in [0.3, 0.4) is 0 Å². The number of fused-ring (bicyclic) bond motifs is 7. The first kappa shape index (κ1) is 36.4. The van der Waals surface area contributed by atoms with Crippen LogP contribution in [-0.2, 0) is 9.84 Å². The number of aromatic carboxylic acids is 1. The van der Waals surface area contributed by atoms with Crippen LogP contribution in [0.15, 0.2) is 42.5 Å². The maximum atomic E-state index is 11.9. The van der Waals surface area contributed by atoms with Crippen molar-refractivity contribution in [1.29, 1.82) is 0 Å². The number of benzene rings is 1. The molecule has 0 spiro atoms. The molecule has 4 saturated carbocycles. The van der Waals surface area contributed by atoms with Gasteiger partial charge in [0.15, 0.2) is 9.84 Å². The van der Waals surface area contributed by atoms with Crippen LogP contribution >= 0.6 is 0 Å². The molecule has 1 aromatic carbocycles. The molecule has 2 N–H and O–H groups in total. The summed E-state index contributed by atoms with van der Waals surface area (Å²) in [5.74, 6) is 2.92. The maximum absolute atomic E-state index is 11.9. The first-order valence-electron chi connectivity index (χ1n) is 19.9. The summed E-state index contributed by atoms with van der Waals surface area (Å²) in [7, 11) is -2.84. The van der Waals surface area contributed by atoms with Gasteiger partial charge in [0.25, 0.3) is 0 Å². The zero-order valence-corrected chi connectivity index (χ0v) is 32.6. The van der Waals surface area contributed by atoms with E-state index in [-0.39, 0.29) is 27.2 Å². The van der Waals surface area contributed by atoms with Crippen molar-refractivity contribution in [2.75, 3.05) is 37.7 Å². The topological polar surface area (TPSA) is 86.7 Å². The summed E-state index contributed by atoms with van der Waals surface area (Å²) < 4.78 is 23.9. The van der Waals surface area contributed by atoms with Gasteiger partial charge < -0.3 is 15.3 Å². The van der Waals surface area contributed by atoms with E-state index >= 15 is 0 Å². The number of rotatable bonds is 8. The lowest BCUT2D eigenvalue weighted by atomic mass is 9.33. The molecular formula is C43H64N2O4S. The van der Waals surface area contributed by atoms with Crippen LogP contribution in [0.25, 0.3) is 5.57 Å². The van der Waals surface area contributed by atoms with Crippen molar-refractivity contribution in [3.63, 3.8) is 0 Å². The highest BCUT2D eigenvalue weighted by molar-refractivity contribution is 7.91. The summed E-state index contributed by atoms with van der Waals surface area (Å²) in [6.07, 6.45) is 14.9. The van der Waals surface area contributed by atoms with Crippen molar-refractivity contribution in [2.24, 2.45) is 51.2 Å². The summed E-state index contributed by atoms with van der Waals surface area (Å²) in [6, 6.07) is 7.60. The third kappa shape index (κ3) is 5.61. The molecule has 9 atom stereocenters. The van der Waals surface area contributed by atoms with Crippen molar-refractivity contribution < 1.29 is 18.3 Å². The average Bonchev–Trinajstić information content (AvgIpc) is 3.44. The lowest BCUT2D eigenvalue weighted by Crippen LogP contribution is -2.68. The van der Waals surface area contributed by atoms with Gasteiger partial charge in [0, 0.05) is 18.6 Å². The van der Waals surface area contributed by atoms with E-state index in [1.54, 1.807) is 12.1 Å². The number of carboxylic acid groups (broad SMARTS) is 1. The SMILES string of the molecule is C=C(C)C1CCC2(NCCCN3CCS(=O)(=O)CC3)CCC3(C)C(CCC4C5(C)CC=C(c6ccc(C(=O)O)cc6)C(C)(C)C5CCC43C)C12. The molecule has 5 aliphatic carbocycles. The van der Waals surface area contributed by atoms with Crippen molar-refractivity contribution in [2.45, 2.75) is 111 Å². The fourth-order valence-electron chi connectivity index (χ4n) is 14.0. The Bertz CT molecular complexity index is 1630. The molecule has 276 valence electrons. The number of carboxylic acids is 1. The highest BCUT2D eigenvalue weighted by Gasteiger charge is 2.70. The molecule has 1 aromatic rings. The second-order valence-electron chi connectivity index (χ2n) is 19.0. The predicted molar refractivity (Wildman–Crippen MR) is 204 cm³/mol. The van der Waals surface area contributed by atoms with Crippen molar-refractivity contribution in [1.82, 2.24) is 10.2 Å². The van der Waals surface area contributed by atoms with E-state index < -0.39 is 15.8 Å². The first-order valence-corrected chi connectivity index (χ1v) is 21.7. The largest absolute Gasteiger partial charge is 0.478 e. The molecule has 0 radical (unpaired) electrons. The quantitative estimate of drug-likeness (QED) is 0.209. The van der Waals surface area contributed by atoms with Gasteiger partial charge in [0.1, 0.15) is 0 Å². The molecule has 1 aliphatic heterocycles. The van der Waals surface area contributed by atoms with E-state index in [2.05, 4.69) is 64.4 Å². The Labute approximate surface area is 302 Å². The number of hydrogen-bond donors (Lipinski definition) is 2. The standard InChI is InChI=1S/C43H64N2O4S/c1-29(2)32-15-20-43(44-23-8-24-45-25-27-50(48,49)28-26-45)22-21-41(6)34(37(32)43)13-14-36-40(5)18-16-33(30-9-11-31(12-10-30)38(46)47)39(3,4)35(40)17-19-42(36,41)7/h9-12,16,32,34-37,44H,1,8,13-15,17-28H2,2-7H3,(H,46,47). The molecule has 1 saturated heterocycles. The predicted octanol–water partition coefficient (Wildman–Crippen LogP) is 8.50. The molecule has 6 nitrogen and oxygen atoms in total. The molecule has 5 fully saturated rings. The zero-order chi connectivity index (χ0) is 35.9. The monoisotopic (exact) mass is 704 g/mol. The van der Waals surface area contributed by atoms with Gasteiger partial charge in [-0.3, -0.25) is 0 Å². The fourth-order valence-corrected chi connectivity index (χ4v) is 15.2. The maximum Gasteiger partial charge on any atom is 0.335 e. The molecule has 0 amide bonds. The first-order chi connectivity index (χ1) is 23.5. The van der Waals surface area contributed by atoms with E-state index in [9.17, 15) is 18.3 Å². The van der Waals surface area contributed by atoms with Gasteiger partial charge >= 0.3 is 5.97 Å². The van der Waals surface area contributed by atoms with E-state index in [4.69, 9.17) is 0 Å². The average molecular weight is 705 g/mol. The van der Waals surface area contributed by atoms with Crippen molar-refractivity contribution in [3.05, 3.63) is 53.6 Å². The second-order valence-corrected chi connectivity index (χ2v) is 21.3. The van der Waals surface area contributed by atoms with E-state index in [0.29, 0.717) is 59.7 Å². The number of sulfone groups is 1. The van der Waals surface area contributed by atoms with Gasteiger partial charge in [0.05, 0.1) is 17.1 Å². The molecule has 9 unspecified atom stereocenters. The normalized spacial score (nSPS) is 42.0. The molecular weight excluding hydrogens is 641 g/mol. The van der Waals surface area contributed by atoms with Gasteiger partial charge in [-0.05, 0) is 159 Å². The summed E-state index contributed by atoms with van der Waals surface area (Å²) in [6.45, 7) is 23.2. The highest BCUT2D eigenvalue weighted by atomic mass is 32.2. The Hall–Kier alpha value is -1.96. The third-order valence-corrected chi connectivity index (χ3v) is 18.3. The van der Waals surface area contributed by atoms with Crippen LogP contribution in [-0.4, -0.2) is 67.6 Å². The zero-order valence-electron chi connectivity index (χ0n) is 31.8. The van der Waals surface area contributed by atoms with Crippen LogP contribution < -0.4 is 5.32 Å². The van der Waals surface area contributed by atoms with Crippen LogP contribution in [0.1, 0.15) is 122 Å². The second kappa shape index (κ2) is 12.6. The Balaban J connectivity index is 1.12. The van der Waals surface area contributed by atoms with Crippen LogP contribution in [0, 0.1) is 51.2 Å². The minimum absolute atomic E-state index is 0.0153. The Kier molecular flexibility index (Phi) is 9.16.